The minimum absolute atomic E-state index is 0.263. The highest BCUT2D eigenvalue weighted by molar-refractivity contribution is 5.60. The molecule has 1 unspecified atom stereocenters. The van der Waals surface area contributed by atoms with Gasteiger partial charge in [-0.15, -0.1) is 6.42 Å². The molecule has 3 heteroatoms. The third-order valence-electron chi connectivity index (χ3n) is 2.16. The molecule has 1 heterocycles. The number of rotatable bonds is 3. The van der Waals surface area contributed by atoms with Gasteiger partial charge >= 0.3 is 0 Å². The molecule has 3 nitrogen and oxygen atoms in total. The number of likely N-dealkylation sites (tertiary alicyclic amines) is 1. The fourth-order valence-electron chi connectivity index (χ4n) is 1.53. The van der Waals surface area contributed by atoms with Gasteiger partial charge in [0.15, 0.2) is 6.61 Å². The molecule has 0 aliphatic carbocycles. The van der Waals surface area contributed by atoms with Crippen LogP contribution in [0, 0.1) is 18.3 Å². The van der Waals surface area contributed by atoms with E-state index < -0.39 is 0 Å². The minimum atomic E-state index is 0.263. The smallest absolute Gasteiger partial charge is 0.177 e. The van der Waals surface area contributed by atoms with Crippen molar-refractivity contribution in [2.75, 3.05) is 26.7 Å². The largest absolute Gasteiger partial charge is 0.383 e. The van der Waals surface area contributed by atoms with Gasteiger partial charge in [-0.25, -0.2) is 0 Å². The summed E-state index contributed by atoms with van der Waals surface area (Å²) in [7, 11) is 2.13. The van der Waals surface area contributed by atoms with Crippen molar-refractivity contribution in [3.8, 4) is 12.3 Å². The molecule has 1 fully saturated rings. The molecule has 1 aliphatic heterocycles. The first kappa shape index (κ1) is 10.1. The van der Waals surface area contributed by atoms with Crippen LogP contribution in [-0.4, -0.2) is 37.9 Å². The van der Waals surface area contributed by atoms with Gasteiger partial charge in [-0.2, -0.15) is 0 Å². The Morgan fingerprint density at radius 1 is 1.77 bits per heavy atom. The van der Waals surface area contributed by atoms with Crippen LogP contribution in [0.4, 0.5) is 0 Å². The van der Waals surface area contributed by atoms with Gasteiger partial charge in [0, 0.05) is 18.7 Å². The van der Waals surface area contributed by atoms with Gasteiger partial charge in [-0.05, 0) is 26.4 Å². The van der Waals surface area contributed by atoms with Crippen molar-refractivity contribution in [2.45, 2.75) is 12.8 Å². The molecule has 1 saturated heterocycles. The zero-order valence-electron chi connectivity index (χ0n) is 8.07. The highest BCUT2D eigenvalue weighted by Crippen LogP contribution is 2.12. The van der Waals surface area contributed by atoms with E-state index in [2.05, 4.69) is 23.0 Å². The van der Waals surface area contributed by atoms with Gasteiger partial charge < -0.3 is 9.74 Å². The second kappa shape index (κ2) is 5.60. The molecule has 1 aliphatic rings. The van der Waals surface area contributed by atoms with E-state index in [-0.39, 0.29) is 6.61 Å². The van der Waals surface area contributed by atoms with Crippen LogP contribution >= 0.6 is 0 Å². The molecule has 1 atom stereocenters. The van der Waals surface area contributed by atoms with E-state index in [9.17, 15) is 0 Å². The molecule has 0 aromatic rings. The molecule has 0 spiro atoms. The number of hydrogen-bond acceptors (Lipinski definition) is 3. The molecule has 13 heavy (non-hydrogen) atoms. The summed E-state index contributed by atoms with van der Waals surface area (Å²) in [5.41, 5.74) is 0. The molecule has 0 saturated carbocycles. The molecule has 1 rings (SSSR count). The minimum Gasteiger partial charge on any atom is -0.383 e. The van der Waals surface area contributed by atoms with Gasteiger partial charge in [0.25, 0.3) is 0 Å². The predicted octanol–water partition coefficient (Wildman–Crippen LogP) is 0.964. The van der Waals surface area contributed by atoms with Gasteiger partial charge in [-0.3, -0.25) is 0 Å². The van der Waals surface area contributed by atoms with Crippen LogP contribution in [0.15, 0.2) is 5.16 Å². The van der Waals surface area contributed by atoms with Gasteiger partial charge in [0.05, 0.1) is 0 Å². The molecule has 0 bridgehead atoms. The second-order valence-electron chi connectivity index (χ2n) is 3.40. The first-order valence-corrected chi connectivity index (χ1v) is 4.60. The third-order valence-corrected chi connectivity index (χ3v) is 2.16. The van der Waals surface area contributed by atoms with Crippen molar-refractivity contribution >= 4 is 6.21 Å². The standard InChI is InChI=1S/C10H16N2O/c1-3-7-13-11-8-10-5-4-6-12(2)9-10/h1,8,10H,4-7,9H2,2H3. The molecular weight excluding hydrogens is 164 g/mol. The predicted molar refractivity (Wildman–Crippen MR) is 53.5 cm³/mol. The van der Waals surface area contributed by atoms with Crippen molar-refractivity contribution in [3.05, 3.63) is 0 Å². The van der Waals surface area contributed by atoms with Crippen molar-refractivity contribution < 1.29 is 4.84 Å². The molecule has 0 N–H and O–H groups in total. The van der Waals surface area contributed by atoms with E-state index in [0.29, 0.717) is 5.92 Å². The maximum Gasteiger partial charge on any atom is 0.177 e. The second-order valence-corrected chi connectivity index (χ2v) is 3.40. The van der Waals surface area contributed by atoms with E-state index in [4.69, 9.17) is 11.3 Å². The van der Waals surface area contributed by atoms with Gasteiger partial charge in [0.2, 0.25) is 0 Å². The lowest BCUT2D eigenvalue weighted by Gasteiger charge is -2.26. The quantitative estimate of drug-likeness (QED) is 0.280. The maximum absolute atomic E-state index is 5.01. The van der Waals surface area contributed by atoms with Gasteiger partial charge in [-0.1, -0.05) is 11.1 Å². The Bertz CT molecular complexity index is 207. The Kier molecular flexibility index (Phi) is 4.34. The Labute approximate surface area is 79.7 Å². The fourth-order valence-corrected chi connectivity index (χ4v) is 1.53. The lowest BCUT2D eigenvalue weighted by Crippen LogP contribution is -2.32. The highest BCUT2D eigenvalue weighted by Gasteiger charge is 2.14. The number of nitrogens with zero attached hydrogens (tertiary/aromatic N) is 2. The lowest BCUT2D eigenvalue weighted by molar-refractivity contribution is 0.176. The lowest BCUT2D eigenvalue weighted by atomic mass is 10.0. The Hall–Kier alpha value is -1.01. The summed E-state index contributed by atoms with van der Waals surface area (Å²) in [5, 5.41) is 3.83. The molecule has 0 aromatic carbocycles. The van der Waals surface area contributed by atoms with Crippen LogP contribution in [-0.2, 0) is 4.84 Å². The van der Waals surface area contributed by atoms with E-state index >= 15 is 0 Å². The summed E-state index contributed by atoms with van der Waals surface area (Å²) < 4.78 is 0. The molecule has 0 aromatic heterocycles. The topological polar surface area (TPSA) is 24.8 Å². The maximum atomic E-state index is 5.01. The monoisotopic (exact) mass is 180 g/mol. The number of piperidine rings is 1. The normalized spacial score (nSPS) is 24.5. The van der Waals surface area contributed by atoms with E-state index in [0.717, 1.165) is 6.54 Å². The number of oxime groups is 1. The Balaban J connectivity index is 2.20. The average molecular weight is 180 g/mol. The van der Waals surface area contributed by atoms with Crippen LogP contribution in [0.2, 0.25) is 0 Å². The zero-order chi connectivity index (χ0) is 9.52. The summed E-state index contributed by atoms with van der Waals surface area (Å²) in [6, 6.07) is 0. The molecule has 0 amide bonds. The van der Waals surface area contributed by atoms with Crippen LogP contribution in [0.5, 0.6) is 0 Å². The number of hydrogen-bond donors (Lipinski definition) is 0. The van der Waals surface area contributed by atoms with Crippen LogP contribution in [0.3, 0.4) is 0 Å². The third kappa shape index (κ3) is 3.95. The summed E-state index contributed by atoms with van der Waals surface area (Å²) in [6.45, 7) is 2.53. The average Bonchev–Trinajstić information content (AvgIpc) is 2.13. The summed E-state index contributed by atoms with van der Waals surface area (Å²) in [6.07, 6.45) is 9.32. The summed E-state index contributed by atoms with van der Waals surface area (Å²) >= 11 is 0. The summed E-state index contributed by atoms with van der Waals surface area (Å²) in [5.74, 6) is 2.89. The molecular formula is C10H16N2O. The highest BCUT2D eigenvalue weighted by atomic mass is 16.6. The first-order chi connectivity index (χ1) is 6.33. The molecule has 0 radical (unpaired) electrons. The number of terminal acetylenes is 1. The first-order valence-electron chi connectivity index (χ1n) is 4.60. The van der Waals surface area contributed by atoms with E-state index in [1.165, 1.54) is 19.4 Å². The van der Waals surface area contributed by atoms with Crippen LogP contribution < -0.4 is 0 Å². The van der Waals surface area contributed by atoms with E-state index in [1.807, 2.05) is 6.21 Å². The fraction of sp³-hybridized carbons (Fsp3) is 0.700. The summed E-state index contributed by atoms with van der Waals surface area (Å²) in [4.78, 5) is 7.14. The van der Waals surface area contributed by atoms with Crippen LogP contribution in [0.25, 0.3) is 0 Å². The molecule has 72 valence electrons. The SMILES string of the molecule is C#CCON=CC1CCCN(C)C1. The van der Waals surface area contributed by atoms with Crippen molar-refractivity contribution in [1.82, 2.24) is 4.90 Å². The van der Waals surface area contributed by atoms with Crippen molar-refractivity contribution in [2.24, 2.45) is 11.1 Å². The van der Waals surface area contributed by atoms with Crippen molar-refractivity contribution in [3.63, 3.8) is 0 Å². The van der Waals surface area contributed by atoms with E-state index in [1.54, 1.807) is 0 Å². The van der Waals surface area contributed by atoms with Crippen molar-refractivity contribution in [1.29, 1.82) is 0 Å². The zero-order valence-corrected chi connectivity index (χ0v) is 8.07. The Morgan fingerprint density at radius 3 is 3.31 bits per heavy atom. The van der Waals surface area contributed by atoms with Crippen LogP contribution in [0.1, 0.15) is 12.8 Å². The van der Waals surface area contributed by atoms with Gasteiger partial charge in [0.1, 0.15) is 0 Å². The Morgan fingerprint density at radius 2 is 2.62 bits per heavy atom.